The van der Waals surface area contributed by atoms with Gasteiger partial charge in [-0.05, 0) is 42.7 Å². The Morgan fingerprint density at radius 3 is 2.35 bits per heavy atom. The summed E-state index contributed by atoms with van der Waals surface area (Å²) in [6.45, 7) is 10.4. The molecule has 0 bridgehead atoms. The molecule has 0 unspecified atom stereocenters. The zero-order valence-electron chi connectivity index (χ0n) is 15.7. The van der Waals surface area contributed by atoms with Crippen LogP contribution in [0.5, 0.6) is 0 Å². The van der Waals surface area contributed by atoms with Crippen molar-refractivity contribution in [2.75, 3.05) is 44.3 Å². The standard InChI is InChI=1S/C22H27N3O/c1-17-3-5-19(6-4-17)13-18(2)20-7-8-22(23-14-20)25-11-9-24(10-12-25)21-15-26-16-21/h3-8,13-14,21H,9-12,15-16H2,1-2H3. The largest absolute Gasteiger partial charge is 0.378 e. The van der Waals surface area contributed by atoms with E-state index < -0.39 is 0 Å². The number of benzene rings is 1. The third-order valence-electron chi connectivity index (χ3n) is 5.44. The molecule has 4 rings (SSSR count). The van der Waals surface area contributed by atoms with Crippen LogP contribution >= 0.6 is 0 Å². The fourth-order valence-electron chi connectivity index (χ4n) is 3.55. The van der Waals surface area contributed by atoms with Gasteiger partial charge in [0.15, 0.2) is 0 Å². The van der Waals surface area contributed by atoms with Crippen LogP contribution in [0.25, 0.3) is 11.6 Å². The number of allylic oxidation sites excluding steroid dienone is 1. The summed E-state index contributed by atoms with van der Waals surface area (Å²) in [5, 5.41) is 0. The van der Waals surface area contributed by atoms with E-state index in [4.69, 9.17) is 9.72 Å². The molecule has 26 heavy (non-hydrogen) atoms. The molecule has 2 aromatic rings. The Hall–Kier alpha value is -2.17. The maximum Gasteiger partial charge on any atom is 0.128 e. The molecular weight excluding hydrogens is 322 g/mol. The molecule has 2 saturated heterocycles. The van der Waals surface area contributed by atoms with Crippen molar-refractivity contribution in [3.63, 3.8) is 0 Å². The minimum absolute atomic E-state index is 0.641. The second-order valence-corrected chi connectivity index (χ2v) is 7.36. The van der Waals surface area contributed by atoms with Crippen LogP contribution in [-0.2, 0) is 4.74 Å². The van der Waals surface area contributed by atoms with E-state index in [2.05, 4.69) is 66.1 Å². The lowest BCUT2D eigenvalue weighted by Gasteiger charge is -2.42. The summed E-state index contributed by atoms with van der Waals surface area (Å²) in [4.78, 5) is 9.66. The molecule has 0 spiro atoms. The van der Waals surface area contributed by atoms with Crippen molar-refractivity contribution in [3.05, 3.63) is 59.3 Å². The van der Waals surface area contributed by atoms with Crippen LogP contribution in [-0.4, -0.2) is 55.3 Å². The van der Waals surface area contributed by atoms with E-state index in [1.807, 2.05) is 6.20 Å². The van der Waals surface area contributed by atoms with Crippen molar-refractivity contribution in [1.29, 1.82) is 0 Å². The summed E-state index contributed by atoms with van der Waals surface area (Å²) < 4.78 is 5.31. The van der Waals surface area contributed by atoms with Crippen LogP contribution in [0.4, 0.5) is 5.82 Å². The number of nitrogens with zero attached hydrogens (tertiary/aromatic N) is 3. The number of rotatable bonds is 4. The zero-order chi connectivity index (χ0) is 17.9. The van der Waals surface area contributed by atoms with Gasteiger partial charge in [0.1, 0.15) is 5.82 Å². The fourth-order valence-corrected chi connectivity index (χ4v) is 3.55. The number of hydrogen-bond acceptors (Lipinski definition) is 4. The van der Waals surface area contributed by atoms with E-state index in [9.17, 15) is 0 Å². The highest BCUT2D eigenvalue weighted by Gasteiger charge is 2.29. The average Bonchev–Trinajstić information content (AvgIpc) is 2.63. The molecule has 4 heteroatoms. The molecule has 2 aliphatic heterocycles. The SMILES string of the molecule is CC(=Cc1ccc(C)cc1)c1ccc(N2CCN(C3COC3)CC2)nc1. The predicted octanol–water partition coefficient (Wildman–Crippen LogP) is 3.47. The Kier molecular flexibility index (Phi) is 5.05. The predicted molar refractivity (Wildman–Crippen MR) is 107 cm³/mol. The molecular formula is C22H27N3O. The van der Waals surface area contributed by atoms with Gasteiger partial charge in [-0.2, -0.15) is 0 Å². The van der Waals surface area contributed by atoms with Crippen LogP contribution in [0.2, 0.25) is 0 Å². The van der Waals surface area contributed by atoms with Crippen molar-refractivity contribution in [2.24, 2.45) is 0 Å². The minimum Gasteiger partial charge on any atom is -0.378 e. The molecule has 2 fully saturated rings. The number of aryl methyl sites for hydroxylation is 1. The molecule has 0 aliphatic carbocycles. The van der Waals surface area contributed by atoms with Gasteiger partial charge in [-0.25, -0.2) is 4.98 Å². The summed E-state index contributed by atoms with van der Waals surface area (Å²) in [5.41, 5.74) is 4.94. The van der Waals surface area contributed by atoms with Crippen molar-refractivity contribution >= 4 is 17.5 Å². The minimum atomic E-state index is 0.641. The van der Waals surface area contributed by atoms with E-state index >= 15 is 0 Å². The zero-order valence-corrected chi connectivity index (χ0v) is 15.7. The maximum absolute atomic E-state index is 5.31. The second-order valence-electron chi connectivity index (χ2n) is 7.36. The molecule has 4 nitrogen and oxygen atoms in total. The van der Waals surface area contributed by atoms with Gasteiger partial charge in [0, 0.05) is 32.4 Å². The van der Waals surface area contributed by atoms with Crippen molar-refractivity contribution < 1.29 is 4.74 Å². The van der Waals surface area contributed by atoms with Gasteiger partial charge in [0.25, 0.3) is 0 Å². The number of pyridine rings is 1. The molecule has 1 aromatic carbocycles. The summed E-state index contributed by atoms with van der Waals surface area (Å²) >= 11 is 0. The lowest BCUT2D eigenvalue weighted by molar-refractivity contribution is -0.0661. The molecule has 0 atom stereocenters. The molecule has 0 amide bonds. The van der Waals surface area contributed by atoms with Gasteiger partial charge in [-0.3, -0.25) is 4.90 Å². The molecule has 1 aromatic heterocycles. The molecule has 2 aliphatic rings. The third kappa shape index (κ3) is 3.81. The van der Waals surface area contributed by atoms with Crippen molar-refractivity contribution in [1.82, 2.24) is 9.88 Å². The first-order chi connectivity index (χ1) is 12.7. The molecule has 0 saturated carbocycles. The van der Waals surface area contributed by atoms with Crippen LogP contribution in [0, 0.1) is 6.92 Å². The van der Waals surface area contributed by atoms with E-state index in [1.54, 1.807) is 0 Å². The molecule has 3 heterocycles. The smallest absolute Gasteiger partial charge is 0.128 e. The Morgan fingerprint density at radius 1 is 1.04 bits per heavy atom. The first-order valence-electron chi connectivity index (χ1n) is 9.47. The Morgan fingerprint density at radius 2 is 1.77 bits per heavy atom. The van der Waals surface area contributed by atoms with Crippen LogP contribution < -0.4 is 4.90 Å². The van der Waals surface area contributed by atoms with Gasteiger partial charge in [-0.1, -0.05) is 35.9 Å². The third-order valence-corrected chi connectivity index (χ3v) is 5.44. The molecule has 0 N–H and O–H groups in total. The second kappa shape index (κ2) is 7.60. The van der Waals surface area contributed by atoms with E-state index in [0.717, 1.165) is 45.2 Å². The summed E-state index contributed by atoms with van der Waals surface area (Å²) in [5.74, 6) is 1.08. The maximum atomic E-state index is 5.31. The first-order valence-corrected chi connectivity index (χ1v) is 9.47. The average molecular weight is 349 g/mol. The quantitative estimate of drug-likeness (QED) is 0.845. The Labute approximate surface area is 156 Å². The summed E-state index contributed by atoms with van der Waals surface area (Å²) in [7, 11) is 0. The lowest BCUT2D eigenvalue weighted by atomic mass is 10.1. The number of aromatic nitrogens is 1. The monoisotopic (exact) mass is 349 g/mol. The van der Waals surface area contributed by atoms with Crippen LogP contribution in [0.15, 0.2) is 42.6 Å². The van der Waals surface area contributed by atoms with Gasteiger partial charge in [0.2, 0.25) is 0 Å². The van der Waals surface area contributed by atoms with E-state index in [1.165, 1.54) is 22.3 Å². The normalized spacial score (nSPS) is 19.5. The highest BCUT2D eigenvalue weighted by molar-refractivity contribution is 5.80. The highest BCUT2D eigenvalue weighted by atomic mass is 16.5. The van der Waals surface area contributed by atoms with Crippen LogP contribution in [0.3, 0.4) is 0 Å². The Bertz CT molecular complexity index is 755. The highest BCUT2D eigenvalue weighted by Crippen LogP contribution is 2.21. The lowest BCUT2D eigenvalue weighted by Crippen LogP contribution is -2.56. The van der Waals surface area contributed by atoms with Gasteiger partial charge >= 0.3 is 0 Å². The van der Waals surface area contributed by atoms with E-state index in [0.29, 0.717) is 6.04 Å². The van der Waals surface area contributed by atoms with Gasteiger partial charge < -0.3 is 9.64 Å². The molecule has 136 valence electrons. The van der Waals surface area contributed by atoms with E-state index in [-0.39, 0.29) is 0 Å². The molecule has 0 radical (unpaired) electrons. The van der Waals surface area contributed by atoms with Crippen molar-refractivity contribution in [3.8, 4) is 0 Å². The number of ether oxygens (including phenoxy) is 1. The van der Waals surface area contributed by atoms with Gasteiger partial charge in [0.05, 0.1) is 19.3 Å². The number of piperazine rings is 1. The van der Waals surface area contributed by atoms with Crippen molar-refractivity contribution in [2.45, 2.75) is 19.9 Å². The van der Waals surface area contributed by atoms with Gasteiger partial charge in [-0.15, -0.1) is 0 Å². The summed E-state index contributed by atoms with van der Waals surface area (Å²) in [6.07, 6.45) is 4.22. The summed E-state index contributed by atoms with van der Waals surface area (Å²) in [6, 6.07) is 13.6. The topological polar surface area (TPSA) is 28.6 Å². The van der Waals surface area contributed by atoms with Crippen LogP contribution in [0.1, 0.15) is 23.6 Å². The number of hydrogen-bond donors (Lipinski definition) is 0. The number of anilines is 1. The Balaban J connectivity index is 1.39. The fraction of sp³-hybridized carbons (Fsp3) is 0.409. The first kappa shape index (κ1) is 17.3.